The van der Waals surface area contributed by atoms with Crippen LogP contribution in [0.4, 0.5) is 0 Å². The summed E-state index contributed by atoms with van der Waals surface area (Å²) in [5, 5.41) is 0. The van der Waals surface area contributed by atoms with E-state index in [2.05, 4.69) is 4.98 Å². The minimum absolute atomic E-state index is 0.294. The fraction of sp³-hybridized carbons (Fsp3) is 0.400. The highest BCUT2D eigenvalue weighted by Gasteiger charge is 2.19. The predicted molar refractivity (Wildman–Crippen MR) is 58.2 cm³/mol. The van der Waals surface area contributed by atoms with Crippen LogP contribution in [0.25, 0.3) is 4.96 Å². The van der Waals surface area contributed by atoms with Gasteiger partial charge in [0.15, 0.2) is 4.96 Å². The molecule has 0 radical (unpaired) electrons. The highest BCUT2D eigenvalue weighted by atomic mass is 32.1. The summed E-state index contributed by atoms with van der Waals surface area (Å²) >= 11 is 1.33. The summed E-state index contributed by atoms with van der Waals surface area (Å²) in [7, 11) is 0. The Hall–Kier alpha value is -1.36. The predicted octanol–water partition coefficient (Wildman–Crippen LogP) is 2.35. The molecule has 0 bridgehead atoms. The van der Waals surface area contributed by atoms with E-state index in [-0.39, 0.29) is 5.97 Å². The molecule has 15 heavy (non-hydrogen) atoms. The largest absolute Gasteiger partial charge is 0.456 e. The number of thiazole rings is 1. The van der Waals surface area contributed by atoms with E-state index < -0.39 is 5.60 Å². The molecule has 0 N–H and O–H groups in total. The van der Waals surface area contributed by atoms with Crippen LogP contribution in [0.2, 0.25) is 0 Å². The Labute approximate surface area is 91.5 Å². The van der Waals surface area contributed by atoms with E-state index in [0.717, 1.165) is 4.96 Å². The number of aromatic nitrogens is 2. The van der Waals surface area contributed by atoms with Crippen LogP contribution >= 0.6 is 11.3 Å². The fourth-order valence-electron chi connectivity index (χ4n) is 1.15. The first kappa shape index (κ1) is 10.2. The molecular weight excluding hydrogens is 212 g/mol. The molecule has 0 fully saturated rings. The van der Waals surface area contributed by atoms with Crippen molar-refractivity contribution in [3.05, 3.63) is 23.5 Å². The Morgan fingerprint density at radius 2 is 2.27 bits per heavy atom. The molecule has 0 amide bonds. The molecule has 0 aliphatic heterocycles. The zero-order valence-corrected chi connectivity index (χ0v) is 9.67. The average molecular weight is 224 g/mol. The molecule has 0 saturated carbocycles. The summed E-state index contributed by atoms with van der Waals surface area (Å²) in [5.41, 5.74) is -0.455. The Bertz CT molecular complexity index is 464. The van der Waals surface area contributed by atoms with Crippen molar-refractivity contribution in [3.8, 4) is 0 Å². The van der Waals surface area contributed by atoms with Crippen LogP contribution in [-0.4, -0.2) is 21.0 Å². The molecule has 2 aromatic rings. The molecule has 5 heteroatoms. The number of carbonyl (C=O) groups is 1. The third kappa shape index (κ3) is 2.18. The summed E-state index contributed by atoms with van der Waals surface area (Å²) in [6, 6.07) is 0. The summed E-state index contributed by atoms with van der Waals surface area (Å²) in [4.78, 5) is 17.1. The average Bonchev–Trinajstić information content (AvgIpc) is 2.56. The van der Waals surface area contributed by atoms with E-state index in [1.165, 1.54) is 11.3 Å². The van der Waals surface area contributed by atoms with Crippen molar-refractivity contribution in [1.82, 2.24) is 9.38 Å². The van der Waals surface area contributed by atoms with Crippen LogP contribution in [-0.2, 0) is 4.74 Å². The van der Waals surface area contributed by atoms with Gasteiger partial charge in [0, 0.05) is 18.6 Å². The molecule has 2 aromatic heterocycles. The van der Waals surface area contributed by atoms with Gasteiger partial charge in [-0.3, -0.25) is 4.40 Å². The molecule has 0 atom stereocenters. The van der Waals surface area contributed by atoms with Crippen LogP contribution in [0, 0.1) is 0 Å². The highest BCUT2D eigenvalue weighted by Crippen LogP contribution is 2.19. The molecular formula is C10H12N2O2S. The van der Waals surface area contributed by atoms with Gasteiger partial charge in [-0.25, -0.2) is 9.78 Å². The van der Waals surface area contributed by atoms with Crippen LogP contribution in [0.1, 0.15) is 30.4 Å². The van der Waals surface area contributed by atoms with Crippen LogP contribution < -0.4 is 0 Å². The lowest BCUT2D eigenvalue weighted by Gasteiger charge is -2.18. The molecule has 2 heterocycles. The zero-order valence-electron chi connectivity index (χ0n) is 8.85. The Morgan fingerprint density at radius 3 is 2.87 bits per heavy atom. The number of fused-ring (bicyclic) bond motifs is 1. The van der Waals surface area contributed by atoms with Gasteiger partial charge >= 0.3 is 5.97 Å². The number of hydrogen-bond acceptors (Lipinski definition) is 4. The maximum Gasteiger partial charge on any atom is 0.350 e. The number of hydrogen-bond donors (Lipinski definition) is 0. The quantitative estimate of drug-likeness (QED) is 0.698. The fourth-order valence-corrected chi connectivity index (χ4v) is 1.97. The van der Waals surface area contributed by atoms with E-state index in [9.17, 15) is 4.79 Å². The normalized spacial score (nSPS) is 11.9. The minimum Gasteiger partial charge on any atom is -0.456 e. The Morgan fingerprint density at radius 1 is 1.53 bits per heavy atom. The van der Waals surface area contributed by atoms with Gasteiger partial charge in [-0.1, -0.05) is 11.3 Å². The van der Waals surface area contributed by atoms with Crippen LogP contribution in [0.15, 0.2) is 18.6 Å². The van der Waals surface area contributed by atoms with Crippen LogP contribution in [0.3, 0.4) is 0 Å². The molecule has 0 aliphatic rings. The van der Waals surface area contributed by atoms with Gasteiger partial charge < -0.3 is 4.74 Å². The van der Waals surface area contributed by atoms with Crippen molar-refractivity contribution in [2.75, 3.05) is 0 Å². The maximum absolute atomic E-state index is 11.7. The van der Waals surface area contributed by atoms with Gasteiger partial charge in [0.1, 0.15) is 10.5 Å². The number of nitrogens with zero attached hydrogens (tertiary/aromatic N) is 2. The molecule has 80 valence electrons. The first-order chi connectivity index (χ1) is 6.96. The number of rotatable bonds is 1. The zero-order chi connectivity index (χ0) is 11.1. The Kier molecular flexibility index (Phi) is 2.26. The smallest absolute Gasteiger partial charge is 0.350 e. The van der Waals surface area contributed by atoms with Crippen molar-refractivity contribution in [2.45, 2.75) is 26.4 Å². The molecule has 0 saturated heterocycles. The second kappa shape index (κ2) is 3.34. The molecule has 0 aliphatic carbocycles. The lowest BCUT2D eigenvalue weighted by Crippen LogP contribution is -2.23. The second-order valence-electron chi connectivity index (χ2n) is 4.21. The molecule has 0 aromatic carbocycles. The summed E-state index contributed by atoms with van der Waals surface area (Å²) in [6.07, 6.45) is 5.24. The Balaban J connectivity index is 2.24. The molecule has 0 spiro atoms. The van der Waals surface area contributed by atoms with Gasteiger partial charge in [-0.2, -0.15) is 0 Å². The van der Waals surface area contributed by atoms with Crippen molar-refractivity contribution in [2.24, 2.45) is 0 Å². The van der Waals surface area contributed by atoms with E-state index in [1.54, 1.807) is 18.6 Å². The van der Waals surface area contributed by atoms with E-state index in [0.29, 0.717) is 4.88 Å². The first-order valence-corrected chi connectivity index (χ1v) is 5.43. The van der Waals surface area contributed by atoms with Crippen molar-refractivity contribution in [3.63, 3.8) is 0 Å². The topological polar surface area (TPSA) is 43.6 Å². The van der Waals surface area contributed by atoms with Gasteiger partial charge in [0.25, 0.3) is 0 Å². The summed E-state index contributed by atoms with van der Waals surface area (Å²) in [6.45, 7) is 5.55. The van der Waals surface area contributed by atoms with Crippen molar-refractivity contribution < 1.29 is 9.53 Å². The highest BCUT2D eigenvalue weighted by molar-refractivity contribution is 7.18. The molecule has 4 nitrogen and oxygen atoms in total. The van der Waals surface area contributed by atoms with Gasteiger partial charge in [-0.15, -0.1) is 0 Å². The molecule has 2 rings (SSSR count). The number of carbonyl (C=O) groups excluding carboxylic acids is 1. The first-order valence-electron chi connectivity index (χ1n) is 4.61. The van der Waals surface area contributed by atoms with E-state index in [4.69, 9.17) is 4.74 Å². The summed E-state index contributed by atoms with van der Waals surface area (Å²) < 4.78 is 7.06. The maximum atomic E-state index is 11.7. The SMILES string of the molecule is CC(C)(C)OC(=O)c1cn2ccnc2s1. The van der Waals surface area contributed by atoms with Gasteiger partial charge in [0.2, 0.25) is 0 Å². The number of ether oxygens (including phenoxy) is 1. The minimum atomic E-state index is -0.455. The second-order valence-corrected chi connectivity index (χ2v) is 5.22. The lowest BCUT2D eigenvalue weighted by molar-refractivity contribution is 0.00748. The number of esters is 1. The third-order valence-corrected chi connectivity index (χ3v) is 2.68. The van der Waals surface area contributed by atoms with Crippen LogP contribution in [0.5, 0.6) is 0 Å². The van der Waals surface area contributed by atoms with Gasteiger partial charge in [0.05, 0.1) is 0 Å². The van der Waals surface area contributed by atoms with Crippen molar-refractivity contribution in [1.29, 1.82) is 0 Å². The number of imidazole rings is 1. The van der Waals surface area contributed by atoms with E-state index >= 15 is 0 Å². The monoisotopic (exact) mass is 224 g/mol. The lowest BCUT2D eigenvalue weighted by atomic mass is 10.2. The van der Waals surface area contributed by atoms with Gasteiger partial charge in [-0.05, 0) is 20.8 Å². The summed E-state index contributed by atoms with van der Waals surface area (Å²) in [5.74, 6) is -0.294. The third-order valence-electron chi connectivity index (χ3n) is 1.69. The standard InChI is InChI=1S/C10H12N2O2S/c1-10(2,3)14-8(13)7-6-12-5-4-11-9(12)15-7/h4-6H,1-3H3. The van der Waals surface area contributed by atoms with E-state index in [1.807, 2.05) is 25.2 Å². The molecule has 0 unspecified atom stereocenters. The van der Waals surface area contributed by atoms with Crippen molar-refractivity contribution >= 4 is 22.3 Å².